The van der Waals surface area contributed by atoms with E-state index < -0.39 is 0 Å². The fourth-order valence-corrected chi connectivity index (χ4v) is 1.78. The molecule has 0 aliphatic heterocycles. The molecule has 0 heterocycles. The summed E-state index contributed by atoms with van der Waals surface area (Å²) < 4.78 is 0. The van der Waals surface area contributed by atoms with Gasteiger partial charge in [0.15, 0.2) is 0 Å². The molecule has 1 N–H and O–H groups in total. The maximum Gasteiger partial charge on any atom is 2.00 e. The molecule has 0 spiro atoms. The predicted octanol–water partition coefficient (Wildman–Crippen LogP) is 4.13. The van der Waals surface area contributed by atoms with Gasteiger partial charge in [-0.1, -0.05) is 71.1 Å². The van der Waals surface area contributed by atoms with E-state index in [0.717, 1.165) is 6.42 Å². The summed E-state index contributed by atoms with van der Waals surface area (Å²) in [7, 11) is 0. The second-order valence-electron chi connectivity index (χ2n) is 4.26. The molecule has 1 nitrogen and oxygen atoms in total. The van der Waals surface area contributed by atoms with Gasteiger partial charge in [0, 0.05) is 6.61 Å². The van der Waals surface area contributed by atoms with E-state index in [1.807, 2.05) is 0 Å². The van der Waals surface area contributed by atoms with Gasteiger partial charge in [0.05, 0.1) is 0 Å². The molecular formula is C13H30CaO. The fourth-order valence-electron chi connectivity index (χ4n) is 1.78. The van der Waals surface area contributed by atoms with Gasteiger partial charge >= 0.3 is 37.7 Å². The minimum Gasteiger partial charge on any atom is -1.00 e. The summed E-state index contributed by atoms with van der Waals surface area (Å²) in [5.41, 5.74) is 0. The summed E-state index contributed by atoms with van der Waals surface area (Å²) in [6.07, 6.45) is 14.8. The van der Waals surface area contributed by atoms with Crippen molar-refractivity contribution < 1.29 is 7.96 Å². The van der Waals surface area contributed by atoms with E-state index in [9.17, 15) is 0 Å². The largest absolute Gasteiger partial charge is 2.00 e. The number of rotatable bonds is 11. The average Bonchev–Trinajstić information content (AvgIpc) is 2.21. The molecular weight excluding hydrogens is 212 g/mol. The van der Waals surface area contributed by atoms with E-state index in [0.29, 0.717) is 6.61 Å². The minimum atomic E-state index is 0. The van der Waals surface area contributed by atoms with Crippen LogP contribution < -0.4 is 0 Å². The van der Waals surface area contributed by atoms with E-state index in [2.05, 4.69) is 6.92 Å². The Morgan fingerprint density at radius 1 is 0.667 bits per heavy atom. The number of aliphatic hydroxyl groups is 1. The first kappa shape index (κ1) is 18.6. The van der Waals surface area contributed by atoms with Crippen LogP contribution in [0.3, 0.4) is 0 Å². The molecule has 0 aromatic rings. The van der Waals surface area contributed by atoms with Crippen LogP contribution in [0.5, 0.6) is 0 Å². The van der Waals surface area contributed by atoms with Crippen LogP contribution in [0, 0.1) is 0 Å². The first-order valence-electron chi connectivity index (χ1n) is 6.52. The Labute approximate surface area is 129 Å². The van der Waals surface area contributed by atoms with Crippen LogP contribution in [-0.4, -0.2) is 49.5 Å². The summed E-state index contributed by atoms with van der Waals surface area (Å²) in [4.78, 5) is 0. The van der Waals surface area contributed by atoms with Crippen LogP contribution in [-0.2, 0) is 0 Å². The van der Waals surface area contributed by atoms with Crippen molar-refractivity contribution in [3.05, 3.63) is 0 Å². The molecule has 0 aliphatic rings. The topological polar surface area (TPSA) is 20.2 Å². The van der Waals surface area contributed by atoms with Crippen LogP contribution in [0.4, 0.5) is 0 Å². The van der Waals surface area contributed by atoms with E-state index in [-0.39, 0.29) is 40.6 Å². The smallest absolute Gasteiger partial charge is 1.00 e. The Morgan fingerprint density at radius 3 is 1.33 bits per heavy atom. The Kier molecular flexibility index (Phi) is 21.8. The zero-order valence-corrected chi connectivity index (χ0v) is 12.8. The van der Waals surface area contributed by atoms with Gasteiger partial charge in [-0.05, 0) is 6.42 Å². The van der Waals surface area contributed by atoms with Gasteiger partial charge in [-0.15, -0.1) is 0 Å². The van der Waals surface area contributed by atoms with Gasteiger partial charge in [0.2, 0.25) is 0 Å². The number of unbranched alkanes of at least 4 members (excludes halogenated alkanes) is 10. The molecule has 0 aliphatic carbocycles. The van der Waals surface area contributed by atoms with Crippen LogP contribution in [0.1, 0.15) is 80.4 Å². The molecule has 0 saturated heterocycles. The molecule has 2 heteroatoms. The van der Waals surface area contributed by atoms with Crippen LogP contribution in [0.25, 0.3) is 0 Å². The van der Waals surface area contributed by atoms with Gasteiger partial charge in [0.25, 0.3) is 0 Å². The predicted molar refractivity (Wildman–Crippen MR) is 71.5 cm³/mol. The second kappa shape index (κ2) is 17.6. The van der Waals surface area contributed by atoms with Crippen LogP contribution >= 0.6 is 0 Å². The molecule has 0 rings (SSSR count). The average molecular weight is 242 g/mol. The first-order valence-corrected chi connectivity index (χ1v) is 6.52. The van der Waals surface area contributed by atoms with Crippen molar-refractivity contribution in [3.63, 3.8) is 0 Å². The summed E-state index contributed by atoms with van der Waals surface area (Å²) in [5.74, 6) is 0. The molecule has 15 heavy (non-hydrogen) atoms. The van der Waals surface area contributed by atoms with Crippen LogP contribution in [0.2, 0.25) is 0 Å². The fraction of sp³-hybridized carbons (Fsp3) is 1.00. The third-order valence-electron chi connectivity index (χ3n) is 2.76. The van der Waals surface area contributed by atoms with Crippen molar-refractivity contribution in [1.82, 2.24) is 0 Å². The van der Waals surface area contributed by atoms with Crippen molar-refractivity contribution in [2.24, 2.45) is 0 Å². The third kappa shape index (κ3) is 17.8. The third-order valence-corrected chi connectivity index (χ3v) is 2.76. The SMILES string of the molecule is CCCCCCCCCCCCCO.[Ca+2].[H-].[H-]. The second-order valence-corrected chi connectivity index (χ2v) is 4.26. The minimum absolute atomic E-state index is 0. The van der Waals surface area contributed by atoms with E-state index in [4.69, 9.17) is 5.11 Å². The van der Waals surface area contributed by atoms with Crippen molar-refractivity contribution in [3.8, 4) is 0 Å². The number of hydrogen-bond donors (Lipinski definition) is 1. The molecule has 0 aromatic heterocycles. The van der Waals surface area contributed by atoms with Crippen molar-refractivity contribution in [1.29, 1.82) is 0 Å². The molecule has 0 atom stereocenters. The molecule has 0 saturated carbocycles. The molecule has 0 bridgehead atoms. The molecule has 0 unspecified atom stereocenters. The zero-order chi connectivity index (χ0) is 10.5. The summed E-state index contributed by atoms with van der Waals surface area (Å²) in [5, 5.41) is 8.59. The Balaban J connectivity index is -0.000000282. The Hall–Kier alpha value is 1.22. The number of aliphatic hydroxyl groups excluding tert-OH is 1. The van der Waals surface area contributed by atoms with Crippen molar-refractivity contribution in [2.75, 3.05) is 6.61 Å². The molecule has 0 fully saturated rings. The van der Waals surface area contributed by atoms with Gasteiger partial charge in [-0.25, -0.2) is 0 Å². The standard InChI is InChI=1S/C13H28O.Ca.2H/c1-2-3-4-5-6-7-8-9-10-11-12-13-14;;;/h14H,2-13H2,1H3;;;/q;+2;2*-1. The van der Waals surface area contributed by atoms with Gasteiger partial charge in [0.1, 0.15) is 0 Å². The summed E-state index contributed by atoms with van der Waals surface area (Å²) >= 11 is 0. The quantitative estimate of drug-likeness (QED) is 0.426. The monoisotopic (exact) mass is 242 g/mol. The Morgan fingerprint density at radius 2 is 1.00 bits per heavy atom. The normalized spacial score (nSPS) is 10.0. The summed E-state index contributed by atoms with van der Waals surface area (Å²) in [6, 6.07) is 0. The Bertz CT molecular complexity index is 93.4. The van der Waals surface area contributed by atoms with Crippen molar-refractivity contribution >= 4 is 37.7 Å². The molecule has 0 amide bonds. The van der Waals surface area contributed by atoms with E-state index in [1.165, 1.54) is 64.2 Å². The maximum absolute atomic E-state index is 8.59. The molecule has 0 radical (unpaired) electrons. The van der Waals surface area contributed by atoms with Gasteiger partial charge in [-0.2, -0.15) is 0 Å². The van der Waals surface area contributed by atoms with E-state index >= 15 is 0 Å². The zero-order valence-electron chi connectivity index (χ0n) is 12.6. The maximum atomic E-state index is 8.59. The molecule has 90 valence electrons. The van der Waals surface area contributed by atoms with Gasteiger partial charge in [-0.3, -0.25) is 0 Å². The first-order chi connectivity index (χ1) is 6.91. The van der Waals surface area contributed by atoms with Gasteiger partial charge < -0.3 is 7.96 Å². The van der Waals surface area contributed by atoms with Crippen LogP contribution in [0.15, 0.2) is 0 Å². The number of hydrogen-bond acceptors (Lipinski definition) is 1. The summed E-state index contributed by atoms with van der Waals surface area (Å²) in [6.45, 7) is 2.64. The van der Waals surface area contributed by atoms with Crippen molar-refractivity contribution in [2.45, 2.75) is 77.6 Å². The van der Waals surface area contributed by atoms with E-state index in [1.54, 1.807) is 0 Å². The molecule has 0 aromatic carbocycles.